The van der Waals surface area contributed by atoms with Crippen molar-refractivity contribution in [3.05, 3.63) is 70.2 Å². The fourth-order valence-electron chi connectivity index (χ4n) is 2.78. The lowest BCUT2D eigenvalue weighted by Gasteiger charge is -2.11. The Balaban J connectivity index is 1.56. The van der Waals surface area contributed by atoms with Crippen molar-refractivity contribution in [2.45, 2.75) is 19.9 Å². The van der Waals surface area contributed by atoms with Gasteiger partial charge in [0.1, 0.15) is 5.15 Å². The summed E-state index contributed by atoms with van der Waals surface area (Å²) in [7, 11) is 1.88. The van der Waals surface area contributed by atoms with E-state index in [4.69, 9.17) is 23.2 Å². The molecular weight excluding hydrogens is 395 g/mol. The molecule has 0 aliphatic rings. The van der Waals surface area contributed by atoms with Crippen LogP contribution < -0.4 is 10.6 Å². The van der Waals surface area contributed by atoms with Gasteiger partial charge in [-0.2, -0.15) is 5.10 Å². The molecule has 0 saturated heterocycles. The number of hydrogen-bond acceptors (Lipinski definition) is 2. The van der Waals surface area contributed by atoms with E-state index in [1.54, 1.807) is 0 Å². The summed E-state index contributed by atoms with van der Waals surface area (Å²) < 4.78 is 3.73. The number of halogens is 2. The van der Waals surface area contributed by atoms with Gasteiger partial charge >= 0.3 is 0 Å². The van der Waals surface area contributed by atoms with Crippen LogP contribution in [-0.4, -0.2) is 33.4 Å². The number of aliphatic imine (C=N–C) groups is 1. The predicted molar refractivity (Wildman–Crippen MR) is 116 cm³/mol. The highest BCUT2D eigenvalue weighted by molar-refractivity contribution is 6.41. The molecule has 0 aliphatic heterocycles. The van der Waals surface area contributed by atoms with Crippen LogP contribution in [0.5, 0.6) is 0 Å². The van der Waals surface area contributed by atoms with Gasteiger partial charge < -0.3 is 15.2 Å². The molecule has 3 rings (SSSR count). The van der Waals surface area contributed by atoms with Gasteiger partial charge in [0.2, 0.25) is 0 Å². The van der Waals surface area contributed by atoms with Gasteiger partial charge in [-0.05, 0) is 37.1 Å². The van der Waals surface area contributed by atoms with Crippen molar-refractivity contribution < 1.29 is 0 Å². The van der Waals surface area contributed by atoms with Crippen LogP contribution in [0, 0.1) is 0 Å². The number of aromatic nitrogens is 3. The SMILES string of the molecule is CCNC(=NCc1cc(Cl)c(Cl)n1C)NCCc1cnn(-c2ccccc2)c1. The number of hydrogen-bond donors (Lipinski definition) is 2. The Labute approximate surface area is 175 Å². The summed E-state index contributed by atoms with van der Waals surface area (Å²) in [5.74, 6) is 0.756. The fourth-order valence-corrected chi connectivity index (χ4v) is 3.19. The summed E-state index contributed by atoms with van der Waals surface area (Å²) in [6.07, 6.45) is 4.79. The van der Waals surface area contributed by atoms with Crippen molar-refractivity contribution >= 4 is 29.2 Å². The molecule has 0 unspecified atom stereocenters. The number of nitrogens with zero attached hydrogens (tertiary/aromatic N) is 4. The minimum Gasteiger partial charge on any atom is -0.357 e. The highest BCUT2D eigenvalue weighted by Crippen LogP contribution is 2.25. The lowest BCUT2D eigenvalue weighted by molar-refractivity contribution is 0.779. The highest BCUT2D eigenvalue weighted by atomic mass is 35.5. The first-order valence-corrected chi connectivity index (χ1v) is 9.94. The van der Waals surface area contributed by atoms with E-state index in [9.17, 15) is 0 Å². The minimum absolute atomic E-state index is 0.490. The van der Waals surface area contributed by atoms with Crippen molar-refractivity contribution in [1.29, 1.82) is 0 Å². The number of guanidine groups is 1. The number of benzene rings is 1. The van der Waals surface area contributed by atoms with E-state index in [-0.39, 0.29) is 0 Å². The molecule has 2 heterocycles. The summed E-state index contributed by atoms with van der Waals surface area (Å²) in [4.78, 5) is 4.62. The second kappa shape index (κ2) is 9.66. The van der Waals surface area contributed by atoms with Gasteiger partial charge in [0.05, 0.1) is 23.5 Å². The van der Waals surface area contributed by atoms with Crippen molar-refractivity contribution in [3.63, 3.8) is 0 Å². The van der Waals surface area contributed by atoms with Crippen molar-refractivity contribution in [1.82, 2.24) is 25.0 Å². The Hall–Kier alpha value is -2.44. The third kappa shape index (κ3) is 5.09. The molecule has 0 fully saturated rings. The van der Waals surface area contributed by atoms with Crippen LogP contribution in [-0.2, 0) is 20.0 Å². The maximum Gasteiger partial charge on any atom is 0.191 e. The van der Waals surface area contributed by atoms with E-state index in [1.165, 1.54) is 0 Å². The normalized spacial score (nSPS) is 11.6. The van der Waals surface area contributed by atoms with Crippen molar-refractivity contribution in [3.8, 4) is 5.69 Å². The van der Waals surface area contributed by atoms with Gasteiger partial charge in [0, 0.05) is 32.0 Å². The second-order valence-corrected chi connectivity index (χ2v) is 7.10. The fraction of sp³-hybridized carbons (Fsp3) is 0.300. The zero-order valence-corrected chi connectivity index (χ0v) is 17.5. The third-order valence-electron chi connectivity index (χ3n) is 4.32. The van der Waals surface area contributed by atoms with Gasteiger partial charge in [0.15, 0.2) is 5.96 Å². The largest absolute Gasteiger partial charge is 0.357 e. The summed E-state index contributed by atoms with van der Waals surface area (Å²) in [6.45, 7) is 4.06. The Bertz CT molecular complexity index is 930. The average molecular weight is 419 g/mol. The summed E-state index contributed by atoms with van der Waals surface area (Å²) in [5, 5.41) is 12.1. The lowest BCUT2D eigenvalue weighted by atomic mass is 10.2. The molecule has 0 bridgehead atoms. The molecule has 0 aliphatic carbocycles. The molecule has 8 heteroatoms. The Morgan fingerprint density at radius 2 is 1.96 bits per heavy atom. The minimum atomic E-state index is 0.490. The van der Waals surface area contributed by atoms with Crippen LogP contribution in [0.2, 0.25) is 10.2 Å². The molecule has 0 radical (unpaired) electrons. The molecule has 3 aromatic rings. The number of para-hydroxylation sites is 1. The van der Waals surface area contributed by atoms with Gasteiger partial charge in [0.25, 0.3) is 0 Å². The maximum atomic E-state index is 6.12. The monoisotopic (exact) mass is 418 g/mol. The predicted octanol–water partition coefficient (Wildman–Crippen LogP) is 3.82. The van der Waals surface area contributed by atoms with Crippen LogP contribution in [0.4, 0.5) is 0 Å². The second-order valence-electron chi connectivity index (χ2n) is 6.33. The molecule has 0 spiro atoms. The number of nitrogens with one attached hydrogen (secondary N) is 2. The molecule has 1 aromatic carbocycles. The lowest BCUT2D eigenvalue weighted by Crippen LogP contribution is -2.38. The van der Waals surface area contributed by atoms with Gasteiger partial charge in [-0.25, -0.2) is 9.67 Å². The van der Waals surface area contributed by atoms with Crippen molar-refractivity contribution in [2.75, 3.05) is 13.1 Å². The quantitative estimate of drug-likeness (QED) is 0.452. The molecule has 0 atom stereocenters. The van der Waals surface area contributed by atoms with Crippen molar-refractivity contribution in [2.24, 2.45) is 12.0 Å². The Kier molecular flexibility index (Phi) is 7.01. The van der Waals surface area contributed by atoms with Gasteiger partial charge in [-0.1, -0.05) is 41.4 Å². The van der Waals surface area contributed by atoms with E-state index in [0.717, 1.165) is 42.4 Å². The molecule has 2 N–H and O–H groups in total. The first kappa shape index (κ1) is 20.3. The zero-order valence-electron chi connectivity index (χ0n) is 16.0. The smallest absolute Gasteiger partial charge is 0.191 e. The molecule has 28 heavy (non-hydrogen) atoms. The molecule has 0 saturated carbocycles. The maximum absolute atomic E-state index is 6.12. The van der Waals surface area contributed by atoms with Crippen LogP contribution in [0.1, 0.15) is 18.2 Å². The Morgan fingerprint density at radius 1 is 1.18 bits per heavy atom. The summed E-state index contributed by atoms with van der Waals surface area (Å²) in [5.41, 5.74) is 3.17. The molecule has 2 aromatic heterocycles. The van der Waals surface area contributed by atoms with Crippen LogP contribution in [0.15, 0.2) is 53.8 Å². The molecular formula is C20H24Cl2N6. The first-order valence-electron chi connectivity index (χ1n) is 9.19. The third-order valence-corrected chi connectivity index (χ3v) is 5.16. The van der Waals surface area contributed by atoms with E-state index in [2.05, 4.69) is 26.9 Å². The van der Waals surface area contributed by atoms with E-state index in [1.807, 2.05) is 65.8 Å². The number of rotatable bonds is 7. The molecule has 148 valence electrons. The molecule has 6 nitrogen and oxygen atoms in total. The van der Waals surface area contributed by atoms with Gasteiger partial charge in [-0.15, -0.1) is 0 Å². The average Bonchev–Trinajstić information content (AvgIpc) is 3.27. The summed E-state index contributed by atoms with van der Waals surface area (Å²) in [6, 6.07) is 11.9. The van der Waals surface area contributed by atoms with E-state index in [0.29, 0.717) is 16.7 Å². The first-order chi connectivity index (χ1) is 13.6. The van der Waals surface area contributed by atoms with Crippen LogP contribution in [0.25, 0.3) is 5.69 Å². The van der Waals surface area contributed by atoms with E-state index >= 15 is 0 Å². The zero-order chi connectivity index (χ0) is 19.9. The standard InChI is InChI=1S/C20H24Cl2N6/c1-3-23-20(25-13-17-11-18(21)19(22)27(17)2)24-10-9-15-12-26-28(14-15)16-7-5-4-6-8-16/h4-8,11-12,14H,3,9-10,13H2,1-2H3,(H2,23,24,25). The summed E-state index contributed by atoms with van der Waals surface area (Å²) >= 11 is 12.2. The van der Waals surface area contributed by atoms with Crippen LogP contribution >= 0.6 is 23.2 Å². The van der Waals surface area contributed by atoms with Crippen LogP contribution in [0.3, 0.4) is 0 Å². The Morgan fingerprint density at radius 3 is 2.64 bits per heavy atom. The van der Waals surface area contributed by atoms with E-state index < -0.39 is 0 Å². The topological polar surface area (TPSA) is 59.2 Å². The van der Waals surface area contributed by atoms with Gasteiger partial charge in [-0.3, -0.25) is 0 Å². The highest BCUT2D eigenvalue weighted by Gasteiger charge is 2.09. The molecule has 0 amide bonds.